The fourth-order valence-corrected chi connectivity index (χ4v) is 2.51. The summed E-state index contributed by atoms with van der Waals surface area (Å²) in [5.41, 5.74) is 1.72. The molecule has 0 aliphatic carbocycles. The van der Waals surface area contributed by atoms with Crippen LogP contribution < -0.4 is 0 Å². The van der Waals surface area contributed by atoms with Gasteiger partial charge in [0.1, 0.15) is 0 Å². The van der Waals surface area contributed by atoms with Gasteiger partial charge >= 0.3 is 0 Å². The van der Waals surface area contributed by atoms with Crippen molar-refractivity contribution in [2.75, 3.05) is 13.6 Å². The van der Waals surface area contributed by atoms with Gasteiger partial charge in [-0.3, -0.25) is 4.79 Å². The quantitative estimate of drug-likeness (QED) is 0.847. The minimum atomic E-state index is -0.123. The molecule has 1 aromatic rings. The van der Waals surface area contributed by atoms with E-state index in [0.29, 0.717) is 23.0 Å². The SMILES string of the molecule is CC(C)C(=O)N(C)CC1CC(c2ccc(Cl)c(Cl)c2)=NO1. The molecule has 0 aromatic heterocycles. The molecule has 0 fully saturated rings. The third-order valence-corrected chi connectivity index (χ3v) is 4.07. The lowest BCUT2D eigenvalue weighted by Crippen LogP contribution is -2.36. The summed E-state index contributed by atoms with van der Waals surface area (Å²) in [6.07, 6.45) is 0.523. The van der Waals surface area contributed by atoms with Crippen molar-refractivity contribution in [1.29, 1.82) is 0 Å². The number of hydrogen-bond acceptors (Lipinski definition) is 3. The molecule has 6 heteroatoms. The van der Waals surface area contributed by atoms with Crippen LogP contribution in [0.2, 0.25) is 10.0 Å². The van der Waals surface area contributed by atoms with Crippen LogP contribution in [-0.4, -0.2) is 36.2 Å². The van der Waals surface area contributed by atoms with Gasteiger partial charge in [-0.15, -0.1) is 0 Å². The largest absolute Gasteiger partial charge is 0.390 e. The Labute approximate surface area is 134 Å². The minimum Gasteiger partial charge on any atom is -0.390 e. The van der Waals surface area contributed by atoms with Crippen LogP contribution in [0.5, 0.6) is 0 Å². The zero-order chi connectivity index (χ0) is 15.6. The number of rotatable bonds is 4. The number of nitrogens with zero attached hydrogens (tertiary/aromatic N) is 2. The number of carbonyl (C=O) groups excluding carboxylic acids is 1. The second kappa shape index (κ2) is 6.67. The van der Waals surface area contributed by atoms with Crippen molar-refractivity contribution < 1.29 is 9.63 Å². The molecule has 0 spiro atoms. The highest BCUT2D eigenvalue weighted by Crippen LogP contribution is 2.25. The third-order valence-electron chi connectivity index (χ3n) is 3.33. The van der Waals surface area contributed by atoms with Crippen LogP contribution in [0.1, 0.15) is 25.8 Å². The second-order valence-corrected chi connectivity index (χ2v) is 6.29. The topological polar surface area (TPSA) is 41.9 Å². The van der Waals surface area contributed by atoms with Crippen LogP contribution in [0.4, 0.5) is 0 Å². The lowest BCUT2D eigenvalue weighted by molar-refractivity contribution is -0.134. The van der Waals surface area contributed by atoms with Crippen molar-refractivity contribution in [1.82, 2.24) is 4.90 Å². The van der Waals surface area contributed by atoms with E-state index in [2.05, 4.69) is 5.16 Å². The van der Waals surface area contributed by atoms with Crippen LogP contribution >= 0.6 is 23.2 Å². The second-order valence-electron chi connectivity index (χ2n) is 5.47. The molecule has 0 saturated carbocycles. The normalized spacial score (nSPS) is 17.6. The van der Waals surface area contributed by atoms with Crippen LogP contribution in [0, 0.1) is 5.92 Å². The standard InChI is InChI=1S/C15H18Cl2N2O2/c1-9(2)15(20)19(3)8-11-7-14(18-21-11)10-4-5-12(16)13(17)6-10/h4-6,9,11H,7-8H2,1-3H3. The van der Waals surface area contributed by atoms with Crippen molar-refractivity contribution in [3.05, 3.63) is 33.8 Å². The molecule has 0 radical (unpaired) electrons. The zero-order valence-corrected chi connectivity index (χ0v) is 13.8. The first-order chi connectivity index (χ1) is 9.88. The van der Waals surface area contributed by atoms with Gasteiger partial charge in [0.15, 0.2) is 6.10 Å². The number of likely N-dealkylation sites (N-methyl/N-ethyl adjacent to an activating group) is 1. The van der Waals surface area contributed by atoms with Gasteiger partial charge in [0.2, 0.25) is 5.91 Å². The molecule has 1 aliphatic heterocycles. The Hall–Kier alpha value is -1.26. The molecular weight excluding hydrogens is 311 g/mol. The van der Waals surface area contributed by atoms with Crippen molar-refractivity contribution in [2.45, 2.75) is 26.4 Å². The van der Waals surface area contributed by atoms with E-state index in [4.69, 9.17) is 28.0 Å². The van der Waals surface area contributed by atoms with Crippen LogP contribution in [0.15, 0.2) is 23.4 Å². The van der Waals surface area contributed by atoms with Crippen LogP contribution in [0.3, 0.4) is 0 Å². The molecule has 1 amide bonds. The lowest BCUT2D eigenvalue weighted by atomic mass is 10.0. The average Bonchev–Trinajstić information content (AvgIpc) is 2.89. The summed E-state index contributed by atoms with van der Waals surface area (Å²) in [5.74, 6) is 0.0773. The summed E-state index contributed by atoms with van der Waals surface area (Å²) in [7, 11) is 1.78. The predicted molar refractivity (Wildman–Crippen MR) is 85.0 cm³/mol. The van der Waals surface area contributed by atoms with Crippen LogP contribution in [0.25, 0.3) is 0 Å². The van der Waals surface area contributed by atoms with Gasteiger partial charge in [-0.25, -0.2) is 0 Å². The van der Waals surface area contributed by atoms with Crippen molar-refractivity contribution in [2.24, 2.45) is 11.1 Å². The summed E-state index contributed by atoms with van der Waals surface area (Å²) < 4.78 is 0. The van der Waals surface area contributed by atoms with Crippen LogP contribution in [-0.2, 0) is 9.63 Å². The van der Waals surface area contributed by atoms with Crippen molar-refractivity contribution in [3.8, 4) is 0 Å². The molecule has 0 N–H and O–H groups in total. The van der Waals surface area contributed by atoms with Gasteiger partial charge in [-0.05, 0) is 12.1 Å². The van der Waals surface area contributed by atoms with E-state index in [1.165, 1.54) is 0 Å². The molecule has 1 aromatic carbocycles. The Morgan fingerprint density at radius 3 is 2.76 bits per heavy atom. The van der Waals surface area contributed by atoms with E-state index in [-0.39, 0.29) is 17.9 Å². The molecule has 1 heterocycles. The van der Waals surface area contributed by atoms with Gasteiger partial charge in [0.25, 0.3) is 0 Å². The molecule has 1 atom stereocenters. The lowest BCUT2D eigenvalue weighted by Gasteiger charge is -2.21. The summed E-state index contributed by atoms with van der Waals surface area (Å²) >= 11 is 11.9. The highest BCUT2D eigenvalue weighted by atomic mass is 35.5. The molecule has 0 saturated heterocycles. The number of oxime groups is 1. The molecule has 4 nitrogen and oxygen atoms in total. The number of halogens is 2. The summed E-state index contributed by atoms with van der Waals surface area (Å²) in [6.45, 7) is 4.28. The van der Waals surface area contributed by atoms with Gasteiger partial charge in [0, 0.05) is 24.9 Å². The number of amides is 1. The summed E-state index contributed by atoms with van der Waals surface area (Å²) in [6, 6.07) is 5.38. The van der Waals surface area contributed by atoms with Gasteiger partial charge in [-0.2, -0.15) is 0 Å². The Bertz CT molecular complexity index is 573. The Morgan fingerprint density at radius 1 is 1.43 bits per heavy atom. The predicted octanol–water partition coefficient (Wildman–Crippen LogP) is 3.60. The summed E-state index contributed by atoms with van der Waals surface area (Å²) in [5, 5.41) is 5.10. The van der Waals surface area contributed by atoms with E-state index in [0.717, 1.165) is 11.3 Å². The van der Waals surface area contributed by atoms with E-state index in [9.17, 15) is 4.79 Å². The highest BCUT2D eigenvalue weighted by molar-refractivity contribution is 6.42. The summed E-state index contributed by atoms with van der Waals surface area (Å²) in [4.78, 5) is 19.0. The van der Waals surface area contributed by atoms with E-state index < -0.39 is 0 Å². The first-order valence-corrected chi connectivity index (χ1v) is 7.57. The number of carbonyl (C=O) groups is 1. The third kappa shape index (κ3) is 3.89. The van der Waals surface area contributed by atoms with Gasteiger partial charge in [0.05, 0.1) is 22.3 Å². The number of benzene rings is 1. The van der Waals surface area contributed by atoms with Gasteiger partial charge < -0.3 is 9.74 Å². The van der Waals surface area contributed by atoms with E-state index in [1.54, 1.807) is 24.1 Å². The molecular formula is C15H18Cl2N2O2. The minimum absolute atomic E-state index is 0.0214. The molecule has 21 heavy (non-hydrogen) atoms. The van der Waals surface area contributed by atoms with Gasteiger partial charge in [-0.1, -0.05) is 48.3 Å². The zero-order valence-electron chi connectivity index (χ0n) is 12.3. The fourth-order valence-electron chi connectivity index (χ4n) is 2.21. The fraction of sp³-hybridized carbons (Fsp3) is 0.467. The Morgan fingerprint density at radius 2 is 2.14 bits per heavy atom. The van der Waals surface area contributed by atoms with E-state index >= 15 is 0 Å². The average molecular weight is 329 g/mol. The van der Waals surface area contributed by atoms with Crippen molar-refractivity contribution >= 4 is 34.8 Å². The first-order valence-electron chi connectivity index (χ1n) is 6.81. The monoisotopic (exact) mass is 328 g/mol. The maximum absolute atomic E-state index is 11.9. The molecule has 2 rings (SSSR count). The number of hydrogen-bond donors (Lipinski definition) is 0. The van der Waals surface area contributed by atoms with Crippen molar-refractivity contribution in [3.63, 3.8) is 0 Å². The smallest absolute Gasteiger partial charge is 0.224 e. The molecule has 1 unspecified atom stereocenters. The first kappa shape index (κ1) is 16.1. The highest BCUT2D eigenvalue weighted by Gasteiger charge is 2.26. The van der Waals surface area contributed by atoms with E-state index in [1.807, 2.05) is 19.9 Å². The maximum Gasteiger partial charge on any atom is 0.224 e. The molecule has 0 bridgehead atoms. The maximum atomic E-state index is 11.9. The Kier molecular flexibility index (Phi) is 5.12. The Balaban J connectivity index is 1.96. The molecule has 1 aliphatic rings. The molecule has 114 valence electrons.